The molecule has 2 aliphatic carbocycles. The fourth-order valence-electron chi connectivity index (χ4n) is 6.78. The van der Waals surface area contributed by atoms with E-state index >= 15 is 0 Å². The molecule has 0 saturated carbocycles. The summed E-state index contributed by atoms with van der Waals surface area (Å²) in [5, 5.41) is 12.4. The van der Waals surface area contributed by atoms with Crippen LogP contribution in [0.3, 0.4) is 0 Å². The van der Waals surface area contributed by atoms with Crippen LogP contribution in [0.15, 0.2) is 82.1 Å². The van der Waals surface area contributed by atoms with Crippen molar-refractivity contribution < 1.29 is 30.0 Å². The predicted octanol–water partition coefficient (Wildman–Crippen LogP) is 9.99. The number of ketones is 1. The van der Waals surface area contributed by atoms with Gasteiger partial charge in [0.05, 0.1) is 11.8 Å². The van der Waals surface area contributed by atoms with Crippen molar-refractivity contribution in [3.05, 3.63) is 94.3 Å². The van der Waals surface area contributed by atoms with E-state index in [9.17, 15) is 9.90 Å². The average Bonchev–Trinajstić information content (AvgIpc) is 2.96. The summed E-state index contributed by atoms with van der Waals surface area (Å²) in [5.41, 5.74) is 7.00. The number of allylic oxidation sites excluding steroid dienone is 6. The number of carbonyl (C=O) groups excluding carboxylic acids is 1. The molecule has 0 saturated heterocycles. The van der Waals surface area contributed by atoms with Crippen LogP contribution in [0.4, 0.5) is 0 Å². The molecule has 1 aliphatic heterocycles. The summed E-state index contributed by atoms with van der Waals surface area (Å²) in [6.45, 7) is 17.4. The second kappa shape index (κ2) is 14.3. The van der Waals surface area contributed by atoms with Gasteiger partial charge in [-0.2, -0.15) is 12.1 Å². The zero-order valence-electron chi connectivity index (χ0n) is 26.6. The summed E-state index contributed by atoms with van der Waals surface area (Å²) in [6.07, 6.45) is 14.0. The Morgan fingerprint density at radius 1 is 1.02 bits per heavy atom. The van der Waals surface area contributed by atoms with Crippen LogP contribution in [0.1, 0.15) is 98.2 Å². The normalized spacial score (nSPS) is 20.2. The van der Waals surface area contributed by atoms with Gasteiger partial charge in [-0.1, -0.05) is 91.3 Å². The molecule has 0 bridgehead atoms. The van der Waals surface area contributed by atoms with Crippen molar-refractivity contribution in [3.8, 4) is 0 Å². The van der Waals surface area contributed by atoms with E-state index in [-0.39, 0.29) is 54.9 Å². The first kappa shape index (κ1) is 33.9. The average molecular weight is 743 g/mol. The quantitative estimate of drug-likeness (QED) is 0.166. The first-order valence-corrected chi connectivity index (χ1v) is 15.6. The van der Waals surface area contributed by atoms with E-state index < -0.39 is 0 Å². The fourth-order valence-corrected chi connectivity index (χ4v) is 6.78. The number of nitrogens with zero attached hydrogens (tertiary/aromatic N) is 1. The molecule has 3 aliphatic rings. The van der Waals surface area contributed by atoms with Gasteiger partial charge in [-0.3, -0.25) is 9.79 Å². The Kier molecular flexibility index (Phi) is 11.5. The van der Waals surface area contributed by atoms with Gasteiger partial charge < -0.3 is 5.11 Å². The maximum atomic E-state index is 11.7. The van der Waals surface area contributed by atoms with Crippen molar-refractivity contribution in [3.63, 3.8) is 0 Å². The zero-order chi connectivity index (χ0) is 29.9. The molecule has 2 aromatic rings. The zero-order valence-corrected chi connectivity index (χ0v) is 29.0. The van der Waals surface area contributed by atoms with Gasteiger partial charge in [0.2, 0.25) is 0 Å². The van der Waals surface area contributed by atoms with Gasteiger partial charge >= 0.3 is 0 Å². The number of carbonyl (C=O) groups is 1. The number of dihydropyridines is 1. The molecular formula is C38H48IrNO2-. The first-order valence-electron chi connectivity index (χ1n) is 15.6. The second-order valence-electron chi connectivity index (χ2n) is 12.6. The molecule has 3 nitrogen and oxygen atoms in total. The topological polar surface area (TPSA) is 49.7 Å². The number of aliphatic imine (C=N–C) groups is 1. The van der Waals surface area contributed by atoms with Crippen LogP contribution in [0.25, 0.3) is 10.8 Å². The van der Waals surface area contributed by atoms with Crippen LogP contribution < -0.4 is 0 Å². The molecule has 0 spiro atoms. The molecule has 2 unspecified atom stereocenters. The van der Waals surface area contributed by atoms with E-state index in [4.69, 9.17) is 4.99 Å². The molecule has 1 N–H and O–H groups in total. The van der Waals surface area contributed by atoms with Crippen molar-refractivity contribution in [2.45, 2.75) is 92.5 Å². The summed E-state index contributed by atoms with van der Waals surface area (Å²) in [4.78, 5) is 16.6. The summed E-state index contributed by atoms with van der Waals surface area (Å²) >= 11 is 0. The minimum absolute atomic E-state index is 0. The SMILES string of the molecule is CC(C)C1=CC2=CC=NC3c4[c-]cc5ccccc5c4C(C)(C)C(=C1)C23.CCC(CC)C(=O)/C=C(\O)C(CC)CC.[Ir]. The van der Waals surface area contributed by atoms with Gasteiger partial charge in [-0.15, -0.1) is 28.0 Å². The minimum Gasteiger partial charge on any atom is -0.512 e. The summed E-state index contributed by atoms with van der Waals surface area (Å²) in [5.74, 6) is 1.42. The van der Waals surface area contributed by atoms with Crippen LogP contribution in [-0.4, -0.2) is 17.1 Å². The number of fused-ring (bicyclic) bond motifs is 4. The van der Waals surface area contributed by atoms with Gasteiger partial charge in [-0.05, 0) is 54.2 Å². The molecule has 227 valence electrons. The molecule has 1 radical (unpaired) electrons. The van der Waals surface area contributed by atoms with E-state index in [0.717, 1.165) is 25.7 Å². The monoisotopic (exact) mass is 743 g/mol. The smallest absolute Gasteiger partial charge is 0.162 e. The largest absolute Gasteiger partial charge is 0.512 e. The van der Waals surface area contributed by atoms with Gasteiger partial charge in [0.25, 0.3) is 0 Å². The fraction of sp³-hybridized carbons (Fsp3) is 0.474. The molecule has 1 heterocycles. The van der Waals surface area contributed by atoms with E-state index in [1.807, 2.05) is 33.9 Å². The van der Waals surface area contributed by atoms with Crippen molar-refractivity contribution in [1.82, 2.24) is 0 Å². The maximum Gasteiger partial charge on any atom is 0.162 e. The van der Waals surface area contributed by atoms with Crippen molar-refractivity contribution >= 4 is 22.8 Å². The standard InChI is InChI=1S/C25H24N.C13H24O2.Ir/c1-15(2)18-13-17-11-12-26-24-20-10-9-16-7-5-6-8-19(16)23(20)25(3,4)21(14-18)22(17)24;1-5-10(6-2)12(14)9-13(15)11(7-3)8-4;/h5-9,11-15,22,24H,1-4H3;9-11,14H,5-8H2,1-4H3;/q-1;;/b;12-9-;. The maximum absolute atomic E-state index is 11.7. The first-order chi connectivity index (χ1) is 19.6. The Morgan fingerprint density at radius 2 is 1.67 bits per heavy atom. The Balaban J connectivity index is 0.000000263. The Morgan fingerprint density at radius 3 is 2.29 bits per heavy atom. The summed E-state index contributed by atoms with van der Waals surface area (Å²) in [6, 6.07) is 14.6. The van der Waals surface area contributed by atoms with E-state index in [1.165, 1.54) is 44.7 Å². The molecule has 4 heteroatoms. The van der Waals surface area contributed by atoms with Gasteiger partial charge in [-0.25, -0.2) is 0 Å². The Labute approximate surface area is 267 Å². The predicted molar refractivity (Wildman–Crippen MR) is 173 cm³/mol. The number of hydrogen-bond acceptors (Lipinski definition) is 3. The molecular weight excluding hydrogens is 695 g/mol. The third-order valence-electron chi connectivity index (χ3n) is 9.45. The summed E-state index contributed by atoms with van der Waals surface area (Å²) < 4.78 is 0. The molecule has 5 rings (SSSR count). The third kappa shape index (κ3) is 6.51. The van der Waals surface area contributed by atoms with E-state index in [2.05, 4.69) is 82.3 Å². The second-order valence-corrected chi connectivity index (χ2v) is 12.6. The van der Waals surface area contributed by atoms with Crippen LogP contribution in [0.5, 0.6) is 0 Å². The Hall–Kier alpha value is -2.55. The molecule has 0 aromatic heterocycles. The van der Waals surface area contributed by atoms with Crippen molar-refractivity contribution in [1.29, 1.82) is 0 Å². The number of aliphatic hydroxyl groups excluding tert-OH is 1. The van der Waals surface area contributed by atoms with E-state index in [1.54, 1.807) is 0 Å². The molecule has 2 aromatic carbocycles. The molecule has 2 atom stereocenters. The number of aliphatic hydroxyl groups is 1. The molecule has 0 fully saturated rings. The number of hydrogen-bond donors (Lipinski definition) is 1. The third-order valence-corrected chi connectivity index (χ3v) is 9.45. The van der Waals surface area contributed by atoms with Crippen LogP contribution in [0, 0.1) is 29.7 Å². The van der Waals surface area contributed by atoms with Gasteiger partial charge in [0, 0.05) is 50.1 Å². The van der Waals surface area contributed by atoms with Crippen molar-refractivity contribution in [2.24, 2.45) is 28.7 Å². The number of rotatable bonds is 8. The van der Waals surface area contributed by atoms with Crippen LogP contribution >= 0.6 is 0 Å². The minimum atomic E-state index is -0.0335. The van der Waals surface area contributed by atoms with Crippen molar-refractivity contribution in [2.75, 3.05) is 0 Å². The Bertz CT molecular complexity index is 1430. The van der Waals surface area contributed by atoms with E-state index in [0.29, 0.717) is 11.8 Å². The van der Waals surface area contributed by atoms with Gasteiger partial charge in [0.15, 0.2) is 5.78 Å². The van der Waals surface area contributed by atoms with Gasteiger partial charge in [0.1, 0.15) is 0 Å². The summed E-state index contributed by atoms with van der Waals surface area (Å²) in [7, 11) is 0. The van der Waals surface area contributed by atoms with Crippen LogP contribution in [-0.2, 0) is 30.3 Å². The molecule has 42 heavy (non-hydrogen) atoms. The molecule has 0 amide bonds. The number of benzene rings is 2. The van der Waals surface area contributed by atoms with Crippen LogP contribution in [0.2, 0.25) is 0 Å².